The van der Waals surface area contributed by atoms with Gasteiger partial charge in [-0.05, 0) is 0 Å². The zero-order valence-corrected chi connectivity index (χ0v) is 21.6. The third kappa shape index (κ3) is 6.60. The van der Waals surface area contributed by atoms with Crippen LogP contribution in [0.1, 0.15) is 13.2 Å². The molecule has 0 saturated carbocycles. The fourth-order valence-corrected chi connectivity index (χ4v) is 5.95. The van der Waals surface area contributed by atoms with Gasteiger partial charge in [-0.2, -0.15) is 4.31 Å². The van der Waals surface area contributed by atoms with Crippen molar-refractivity contribution in [3.05, 3.63) is 12.7 Å². The van der Waals surface area contributed by atoms with E-state index in [-0.39, 0.29) is 17.0 Å². The summed E-state index contributed by atoms with van der Waals surface area (Å²) >= 11 is 0. The molecule has 22 heteroatoms. The number of aromatic nitrogens is 4. The number of nitrogens with zero attached hydrogens (tertiary/aromatic N) is 4. The van der Waals surface area contributed by atoms with Gasteiger partial charge in [-0.15, -0.1) is 0 Å². The Balaban J connectivity index is 1.34. The Morgan fingerprint density at radius 3 is 2.28 bits per heavy atom. The van der Waals surface area contributed by atoms with Gasteiger partial charge < -0.3 is 50.2 Å². The minimum Gasteiger partial charge on any atom is -0.457 e. The van der Waals surface area contributed by atoms with Gasteiger partial charge in [0.25, 0.3) is 0 Å². The summed E-state index contributed by atoms with van der Waals surface area (Å²) in [5, 5.41) is 40.2. The third-order valence-electron chi connectivity index (χ3n) is 5.62. The standard InChI is InChI=1S/C17H25N5O15P2/c1-6(23)34-13-8(36-17(27)12(13)26)3-33-39(30,31)37-38(28,29)32-2-7-10(24)11(25)16(35-7)22-5-21-9-14(18)19-4-20-15(9)22/h4-5,7-8,10-13,16-17,24-27H,2-3H2,1H3,(H,28,29)(H,30,31)(H2,18,19,20)/t7-,8-,10-,11-,12-,13-,16-,17-/m1/s1. The zero-order valence-electron chi connectivity index (χ0n) is 19.8. The van der Waals surface area contributed by atoms with Crippen molar-refractivity contribution in [3.63, 3.8) is 0 Å². The molecule has 2 aromatic heterocycles. The fraction of sp³-hybridized carbons (Fsp3) is 0.647. The normalized spacial score (nSPS) is 34.1. The zero-order chi connectivity index (χ0) is 28.7. The van der Waals surface area contributed by atoms with Gasteiger partial charge in [-0.25, -0.2) is 24.1 Å². The average Bonchev–Trinajstić information content (AvgIpc) is 3.47. The van der Waals surface area contributed by atoms with E-state index in [1.165, 1.54) is 10.9 Å². The SMILES string of the molecule is CC(=O)O[C@H]1[C@@H](O)[C@H](O)O[C@@H]1COP(=O)(O)OP(=O)(O)OC[C@H]1O[C@@H](n2cnc3c(N)ncnc32)[C@H](O)[C@@H]1O. The van der Waals surface area contributed by atoms with Gasteiger partial charge >= 0.3 is 21.6 Å². The number of rotatable bonds is 10. The summed E-state index contributed by atoms with van der Waals surface area (Å²) in [5.41, 5.74) is 6.08. The number of fused-ring (bicyclic) bond motifs is 1. The summed E-state index contributed by atoms with van der Waals surface area (Å²) < 4.78 is 54.3. The molecule has 2 unspecified atom stereocenters. The Labute approximate surface area is 218 Å². The summed E-state index contributed by atoms with van der Waals surface area (Å²) in [7, 11) is -10.7. The number of imidazole rings is 1. The molecule has 2 aromatic rings. The molecule has 4 heterocycles. The van der Waals surface area contributed by atoms with Crippen molar-refractivity contribution in [2.24, 2.45) is 0 Å². The maximum atomic E-state index is 12.3. The lowest BCUT2D eigenvalue weighted by atomic mass is 10.1. The van der Waals surface area contributed by atoms with Crippen LogP contribution < -0.4 is 5.73 Å². The van der Waals surface area contributed by atoms with Crippen LogP contribution in [0.15, 0.2) is 12.7 Å². The van der Waals surface area contributed by atoms with Gasteiger partial charge in [-0.1, -0.05) is 0 Å². The van der Waals surface area contributed by atoms with Crippen LogP contribution in [0.3, 0.4) is 0 Å². The number of phosphoric acid groups is 2. The van der Waals surface area contributed by atoms with Crippen molar-refractivity contribution in [2.45, 2.75) is 56.1 Å². The molecule has 2 saturated heterocycles. The number of phosphoric ester groups is 2. The Hall–Kier alpha value is -2.16. The summed E-state index contributed by atoms with van der Waals surface area (Å²) in [6, 6.07) is 0. The van der Waals surface area contributed by atoms with Crippen LogP contribution in [0.5, 0.6) is 0 Å². The molecule has 0 bridgehead atoms. The number of carbonyl (C=O) groups excluding carboxylic acids is 1. The van der Waals surface area contributed by atoms with Gasteiger partial charge in [-0.3, -0.25) is 18.4 Å². The van der Waals surface area contributed by atoms with E-state index < -0.39 is 84.0 Å². The monoisotopic (exact) mass is 601 g/mol. The molecule has 0 spiro atoms. The van der Waals surface area contributed by atoms with Crippen molar-refractivity contribution >= 4 is 38.6 Å². The molecule has 218 valence electrons. The van der Waals surface area contributed by atoms with Crippen LogP contribution in [-0.4, -0.2) is 112 Å². The minimum absolute atomic E-state index is 0.0504. The van der Waals surface area contributed by atoms with Crippen molar-refractivity contribution in [2.75, 3.05) is 18.9 Å². The molecule has 2 aliphatic rings. The van der Waals surface area contributed by atoms with Crippen LogP contribution in [0.2, 0.25) is 0 Å². The van der Waals surface area contributed by atoms with Gasteiger partial charge in [0.2, 0.25) is 0 Å². The number of nitrogen functional groups attached to an aromatic ring is 1. The maximum absolute atomic E-state index is 12.3. The smallest absolute Gasteiger partial charge is 0.457 e. The van der Waals surface area contributed by atoms with Gasteiger partial charge in [0.15, 0.2) is 30.1 Å². The van der Waals surface area contributed by atoms with E-state index in [9.17, 15) is 44.1 Å². The van der Waals surface area contributed by atoms with Crippen molar-refractivity contribution in [3.8, 4) is 0 Å². The first kappa shape index (κ1) is 29.8. The molecule has 0 amide bonds. The first-order valence-corrected chi connectivity index (χ1v) is 14.0. The summed E-state index contributed by atoms with van der Waals surface area (Å²) in [4.78, 5) is 42.7. The molecular formula is C17H25N5O15P2. The number of nitrogens with two attached hydrogens (primary N) is 1. The Kier molecular flexibility index (Phi) is 8.70. The molecule has 39 heavy (non-hydrogen) atoms. The lowest BCUT2D eigenvalue weighted by molar-refractivity contribution is -0.153. The van der Waals surface area contributed by atoms with Crippen molar-refractivity contribution < 1.29 is 71.7 Å². The molecule has 4 rings (SSSR count). The lowest BCUT2D eigenvalue weighted by Crippen LogP contribution is -2.38. The molecule has 0 radical (unpaired) electrons. The number of hydrogen-bond acceptors (Lipinski definition) is 17. The highest BCUT2D eigenvalue weighted by Crippen LogP contribution is 2.60. The Bertz CT molecular complexity index is 1300. The number of hydrogen-bond donors (Lipinski definition) is 7. The van der Waals surface area contributed by atoms with E-state index in [1.54, 1.807) is 0 Å². The summed E-state index contributed by atoms with van der Waals surface area (Å²) in [6.07, 6.45) is -10.0. The average molecular weight is 601 g/mol. The summed E-state index contributed by atoms with van der Waals surface area (Å²) in [6.45, 7) is -0.821. The van der Waals surface area contributed by atoms with Crippen molar-refractivity contribution in [1.82, 2.24) is 19.5 Å². The molecular weight excluding hydrogens is 576 g/mol. The Morgan fingerprint density at radius 1 is 1.00 bits per heavy atom. The first-order valence-electron chi connectivity index (χ1n) is 11.0. The predicted octanol–water partition coefficient (Wildman–Crippen LogP) is -2.71. The lowest BCUT2D eigenvalue weighted by Gasteiger charge is -2.22. The van der Waals surface area contributed by atoms with Gasteiger partial charge in [0, 0.05) is 6.92 Å². The largest absolute Gasteiger partial charge is 0.481 e. The molecule has 8 N–H and O–H groups in total. The number of carbonyl (C=O) groups is 1. The highest BCUT2D eigenvalue weighted by molar-refractivity contribution is 7.61. The fourth-order valence-electron chi connectivity index (χ4n) is 3.86. The number of anilines is 1. The highest BCUT2D eigenvalue weighted by atomic mass is 31.3. The number of aliphatic hydroxyl groups excluding tert-OH is 4. The molecule has 0 aliphatic carbocycles. The van der Waals surface area contributed by atoms with Crippen LogP contribution in [0, 0.1) is 0 Å². The molecule has 20 nitrogen and oxygen atoms in total. The third-order valence-corrected chi connectivity index (χ3v) is 8.22. The minimum atomic E-state index is -5.35. The second-order valence-corrected chi connectivity index (χ2v) is 11.4. The maximum Gasteiger partial charge on any atom is 0.481 e. The van der Waals surface area contributed by atoms with E-state index in [0.29, 0.717) is 0 Å². The quantitative estimate of drug-likeness (QED) is 0.107. The van der Waals surface area contributed by atoms with Crippen LogP contribution in [0.4, 0.5) is 5.82 Å². The number of ether oxygens (including phenoxy) is 3. The second-order valence-electron chi connectivity index (χ2n) is 8.37. The number of aliphatic hydroxyl groups is 4. The molecule has 2 aliphatic heterocycles. The van der Waals surface area contributed by atoms with Crippen molar-refractivity contribution in [1.29, 1.82) is 0 Å². The highest BCUT2D eigenvalue weighted by Gasteiger charge is 2.48. The van der Waals surface area contributed by atoms with E-state index in [2.05, 4.69) is 28.3 Å². The molecule has 10 atom stereocenters. The van der Waals surface area contributed by atoms with E-state index in [1.807, 2.05) is 0 Å². The molecule has 2 fully saturated rings. The van der Waals surface area contributed by atoms with Gasteiger partial charge in [0.05, 0.1) is 19.5 Å². The van der Waals surface area contributed by atoms with E-state index >= 15 is 0 Å². The Morgan fingerprint density at radius 2 is 1.64 bits per heavy atom. The van der Waals surface area contributed by atoms with Crippen LogP contribution in [0.25, 0.3) is 11.2 Å². The van der Waals surface area contributed by atoms with E-state index in [4.69, 9.17) is 19.9 Å². The second kappa shape index (κ2) is 11.4. The summed E-state index contributed by atoms with van der Waals surface area (Å²) in [5.74, 6) is -0.810. The number of esters is 1. The molecule has 0 aromatic carbocycles. The first-order chi connectivity index (χ1) is 18.2. The van der Waals surface area contributed by atoms with E-state index in [0.717, 1.165) is 13.3 Å². The van der Waals surface area contributed by atoms with Crippen LogP contribution in [-0.2, 0) is 41.5 Å². The predicted molar refractivity (Wildman–Crippen MR) is 121 cm³/mol. The van der Waals surface area contributed by atoms with Crippen LogP contribution >= 0.6 is 15.6 Å². The topological polar surface area (TPSA) is 298 Å². The van der Waals surface area contributed by atoms with Gasteiger partial charge in [0.1, 0.15) is 42.4 Å².